The Bertz CT molecular complexity index is 993. The van der Waals surface area contributed by atoms with E-state index in [1.165, 1.54) is 15.9 Å². The largest absolute Gasteiger partial charge is 0.350 e. The average molecular weight is 457 g/mol. The third-order valence-corrected chi connectivity index (χ3v) is 6.35. The van der Waals surface area contributed by atoms with Gasteiger partial charge in [0.25, 0.3) is 0 Å². The molecule has 2 aromatic carbocycles. The number of carbonyl (C=O) groups excluding carboxylic acids is 1. The lowest BCUT2D eigenvalue weighted by Gasteiger charge is -2.24. The Kier molecular flexibility index (Phi) is 7.97. The number of benzene rings is 2. The number of hydrogen-bond donors (Lipinski definition) is 1. The molecule has 8 heteroatoms. The van der Waals surface area contributed by atoms with Crippen LogP contribution in [0, 0.1) is 13.8 Å². The molecule has 1 N–H and O–H groups in total. The maximum absolute atomic E-state index is 12.4. The molecule has 0 aliphatic heterocycles. The van der Waals surface area contributed by atoms with Crippen molar-refractivity contribution in [3.8, 4) is 0 Å². The second-order valence-corrected chi connectivity index (χ2v) is 9.93. The molecule has 29 heavy (non-hydrogen) atoms. The van der Waals surface area contributed by atoms with Crippen molar-refractivity contribution in [3.63, 3.8) is 0 Å². The maximum atomic E-state index is 12.4. The molecule has 0 spiro atoms. The fraction of sp³-hybridized carbons (Fsp3) is 0.381. The van der Waals surface area contributed by atoms with Crippen LogP contribution < -0.4 is 9.62 Å². The number of nitrogens with one attached hydrogen (secondary N) is 1. The summed E-state index contributed by atoms with van der Waals surface area (Å²) < 4.78 is 25.6. The number of aryl methyl sites for hydroxylation is 2. The molecule has 0 fully saturated rings. The van der Waals surface area contributed by atoms with E-state index < -0.39 is 10.0 Å². The first kappa shape index (κ1) is 23.5. The van der Waals surface area contributed by atoms with E-state index >= 15 is 0 Å². The summed E-state index contributed by atoms with van der Waals surface area (Å²) >= 11 is 12.1. The number of anilines is 1. The molecule has 158 valence electrons. The fourth-order valence-electron chi connectivity index (χ4n) is 3.23. The van der Waals surface area contributed by atoms with E-state index in [0.717, 1.165) is 17.4 Å². The van der Waals surface area contributed by atoms with Crippen LogP contribution in [0.4, 0.5) is 5.69 Å². The molecule has 0 aliphatic carbocycles. The average Bonchev–Trinajstić information content (AvgIpc) is 2.60. The van der Waals surface area contributed by atoms with Gasteiger partial charge < -0.3 is 5.32 Å². The number of nitrogens with zero attached hydrogens (tertiary/aromatic N) is 1. The van der Waals surface area contributed by atoms with Crippen molar-refractivity contribution in [1.82, 2.24) is 5.32 Å². The molecule has 0 unspecified atom stereocenters. The van der Waals surface area contributed by atoms with E-state index in [0.29, 0.717) is 17.1 Å². The quantitative estimate of drug-likeness (QED) is 0.605. The van der Waals surface area contributed by atoms with E-state index in [2.05, 4.69) is 11.4 Å². The normalized spacial score (nSPS) is 12.5. The summed E-state index contributed by atoms with van der Waals surface area (Å²) in [6.07, 6.45) is 1.65. The molecule has 0 heterocycles. The zero-order valence-electron chi connectivity index (χ0n) is 17.0. The van der Waals surface area contributed by atoms with E-state index in [9.17, 15) is 13.2 Å². The van der Waals surface area contributed by atoms with Gasteiger partial charge in [-0.1, -0.05) is 47.0 Å². The second kappa shape index (κ2) is 9.83. The minimum Gasteiger partial charge on any atom is -0.350 e. The maximum Gasteiger partial charge on any atom is 0.232 e. The van der Waals surface area contributed by atoms with Crippen LogP contribution in [0.15, 0.2) is 36.4 Å². The molecule has 1 amide bonds. The number of carbonyl (C=O) groups is 1. The van der Waals surface area contributed by atoms with Crippen LogP contribution in [-0.4, -0.2) is 27.1 Å². The predicted octanol–water partition coefficient (Wildman–Crippen LogP) is 5.03. The highest BCUT2D eigenvalue weighted by molar-refractivity contribution is 7.92. The van der Waals surface area contributed by atoms with Gasteiger partial charge in [-0.05, 0) is 56.5 Å². The summed E-state index contributed by atoms with van der Waals surface area (Å²) in [5, 5.41) is 3.65. The molecule has 2 rings (SSSR count). The smallest absolute Gasteiger partial charge is 0.232 e. The van der Waals surface area contributed by atoms with Crippen LogP contribution in [0.3, 0.4) is 0 Å². The van der Waals surface area contributed by atoms with Crippen LogP contribution in [0.25, 0.3) is 0 Å². The van der Waals surface area contributed by atoms with E-state index in [1.54, 1.807) is 12.1 Å². The number of amides is 1. The molecule has 5 nitrogen and oxygen atoms in total. The van der Waals surface area contributed by atoms with Crippen molar-refractivity contribution in [1.29, 1.82) is 0 Å². The SMILES string of the molecule is Cc1ccc([C@@H](C)NC(=O)CCCN(c2cc(Cl)ccc2Cl)S(C)(=O)=O)c(C)c1. The Labute approximate surface area is 183 Å². The third kappa shape index (κ3) is 6.63. The second-order valence-electron chi connectivity index (χ2n) is 7.18. The van der Waals surface area contributed by atoms with Gasteiger partial charge in [-0.2, -0.15) is 0 Å². The lowest BCUT2D eigenvalue weighted by atomic mass is 10.00. The summed E-state index contributed by atoms with van der Waals surface area (Å²) in [5.41, 5.74) is 3.67. The van der Waals surface area contributed by atoms with Crippen LogP contribution in [0.5, 0.6) is 0 Å². The highest BCUT2D eigenvalue weighted by Crippen LogP contribution is 2.31. The number of halogens is 2. The van der Waals surface area contributed by atoms with Gasteiger partial charge in [0, 0.05) is 18.0 Å². The van der Waals surface area contributed by atoms with Crippen molar-refractivity contribution < 1.29 is 13.2 Å². The Balaban J connectivity index is 2.00. The number of sulfonamides is 1. The Morgan fingerprint density at radius 2 is 1.83 bits per heavy atom. The third-order valence-electron chi connectivity index (χ3n) is 4.61. The summed E-state index contributed by atoms with van der Waals surface area (Å²) in [5.74, 6) is -0.136. The van der Waals surface area contributed by atoms with Gasteiger partial charge >= 0.3 is 0 Å². The van der Waals surface area contributed by atoms with Crippen molar-refractivity contribution in [3.05, 3.63) is 63.1 Å². The van der Waals surface area contributed by atoms with Gasteiger partial charge in [-0.3, -0.25) is 9.10 Å². The molecule has 0 bridgehead atoms. The monoisotopic (exact) mass is 456 g/mol. The van der Waals surface area contributed by atoms with Gasteiger partial charge in [-0.15, -0.1) is 0 Å². The number of rotatable bonds is 8. The van der Waals surface area contributed by atoms with Crippen LogP contribution in [-0.2, 0) is 14.8 Å². The van der Waals surface area contributed by atoms with Gasteiger partial charge in [0.2, 0.25) is 15.9 Å². The van der Waals surface area contributed by atoms with Crippen molar-refractivity contribution in [2.75, 3.05) is 17.1 Å². The van der Waals surface area contributed by atoms with Crippen molar-refractivity contribution >= 4 is 44.8 Å². The summed E-state index contributed by atoms with van der Waals surface area (Å²) in [4.78, 5) is 12.4. The van der Waals surface area contributed by atoms with Gasteiger partial charge in [0.15, 0.2) is 0 Å². The fourth-order valence-corrected chi connectivity index (χ4v) is 4.63. The van der Waals surface area contributed by atoms with E-state index in [-0.39, 0.29) is 29.9 Å². The van der Waals surface area contributed by atoms with Gasteiger partial charge in [-0.25, -0.2) is 8.42 Å². The highest BCUT2D eigenvalue weighted by Gasteiger charge is 2.21. The minimum absolute atomic E-state index is 0.128. The highest BCUT2D eigenvalue weighted by atomic mass is 35.5. The molecule has 0 aromatic heterocycles. The molecule has 0 saturated carbocycles. The predicted molar refractivity (Wildman–Crippen MR) is 120 cm³/mol. The molecular formula is C21H26Cl2N2O3S. The molecular weight excluding hydrogens is 431 g/mol. The Hall–Kier alpha value is -1.76. The van der Waals surface area contributed by atoms with Crippen LogP contribution >= 0.6 is 23.2 Å². The zero-order chi connectivity index (χ0) is 21.8. The first-order valence-corrected chi connectivity index (χ1v) is 11.9. The molecule has 0 saturated heterocycles. The summed E-state index contributed by atoms with van der Waals surface area (Å²) in [6, 6.07) is 10.6. The lowest BCUT2D eigenvalue weighted by molar-refractivity contribution is -0.121. The van der Waals surface area contributed by atoms with Gasteiger partial charge in [0.1, 0.15) is 0 Å². The van der Waals surface area contributed by atoms with E-state index in [1.807, 2.05) is 32.9 Å². The Morgan fingerprint density at radius 1 is 1.14 bits per heavy atom. The van der Waals surface area contributed by atoms with Crippen molar-refractivity contribution in [2.45, 2.75) is 39.7 Å². The van der Waals surface area contributed by atoms with Crippen LogP contribution in [0.1, 0.15) is 42.5 Å². The first-order chi connectivity index (χ1) is 13.5. The van der Waals surface area contributed by atoms with Gasteiger partial charge in [0.05, 0.1) is 23.0 Å². The molecule has 2 aromatic rings. The zero-order valence-corrected chi connectivity index (χ0v) is 19.3. The number of hydrogen-bond acceptors (Lipinski definition) is 3. The molecule has 0 aliphatic rings. The standard InChI is InChI=1S/C21H26Cl2N2O3S/c1-14-7-9-18(15(2)12-14)16(3)24-21(26)6-5-11-25(29(4,27)28)20-13-17(22)8-10-19(20)23/h7-10,12-13,16H,5-6,11H2,1-4H3,(H,24,26)/t16-/m1/s1. The molecule has 0 radical (unpaired) electrons. The topological polar surface area (TPSA) is 66.5 Å². The summed E-state index contributed by atoms with van der Waals surface area (Å²) in [6.45, 7) is 6.11. The minimum atomic E-state index is -3.57. The van der Waals surface area contributed by atoms with E-state index in [4.69, 9.17) is 23.2 Å². The molecule has 1 atom stereocenters. The summed E-state index contributed by atoms with van der Waals surface area (Å²) in [7, 11) is -3.57. The lowest BCUT2D eigenvalue weighted by Crippen LogP contribution is -2.33. The first-order valence-electron chi connectivity index (χ1n) is 9.28. The Morgan fingerprint density at radius 3 is 2.45 bits per heavy atom. The van der Waals surface area contributed by atoms with Crippen molar-refractivity contribution in [2.24, 2.45) is 0 Å². The van der Waals surface area contributed by atoms with Crippen LogP contribution in [0.2, 0.25) is 10.0 Å².